The smallest absolute Gasteiger partial charge is 0.315 e. The number of nitrogens with one attached hydrogen (secondary N) is 2. The third kappa shape index (κ3) is 4.12. The molecule has 132 valence electrons. The lowest BCUT2D eigenvalue weighted by Gasteiger charge is -2.20. The molecule has 25 heavy (non-hydrogen) atoms. The molecule has 0 fully saturated rings. The highest BCUT2D eigenvalue weighted by atomic mass is 16.5. The zero-order valence-electron chi connectivity index (χ0n) is 14.5. The summed E-state index contributed by atoms with van der Waals surface area (Å²) < 4.78 is 5.85. The number of para-hydroxylation sites is 1. The van der Waals surface area contributed by atoms with Gasteiger partial charge in [0.2, 0.25) is 0 Å². The number of carbonyl (C=O) groups is 1. The molecule has 2 amide bonds. The van der Waals surface area contributed by atoms with Gasteiger partial charge in [0.15, 0.2) is 0 Å². The van der Waals surface area contributed by atoms with Gasteiger partial charge in [-0.1, -0.05) is 42.5 Å². The molecule has 2 aromatic carbocycles. The first kappa shape index (κ1) is 17.3. The first-order chi connectivity index (χ1) is 12.0. The van der Waals surface area contributed by atoms with Gasteiger partial charge in [-0.3, -0.25) is 0 Å². The molecule has 5 nitrogen and oxygen atoms in total. The normalized spacial score (nSPS) is 19.8. The van der Waals surface area contributed by atoms with Crippen LogP contribution >= 0.6 is 0 Å². The Kier molecular flexibility index (Phi) is 5.24. The summed E-state index contributed by atoms with van der Waals surface area (Å²) >= 11 is 0. The van der Waals surface area contributed by atoms with Crippen LogP contribution in [-0.2, 0) is 6.42 Å². The number of rotatable bonds is 5. The van der Waals surface area contributed by atoms with Crippen molar-refractivity contribution in [3.63, 3.8) is 0 Å². The average molecular weight is 340 g/mol. The Morgan fingerprint density at radius 1 is 1.24 bits per heavy atom. The Morgan fingerprint density at radius 3 is 2.76 bits per heavy atom. The summed E-state index contributed by atoms with van der Waals surface area (Å²) in [6, 6.07) is 14.9. The minimum atomic E-state index is -0.594. The van der Waals surface area contributed by atoms with Gasteiger partial charge < -0.3 is 20.5 Å². The van der Waals surface area contributed by atoms with Gasteiger partial charge in [-0.05, 0) is 36.6 Å². The predicted molar refractivity (Wildman–Crippen MR) is 96.7 cm³/mol. The van der Waals surface area contributed by atoms with E-state index in [-0.39, 0.29) is 18.2 Å². The molecule has 0 spiro atoms. The Morgan fingerprint density at radius 2 is 1.96 bits per heavy atom. The highest BCUT2D eigenvalue weighted by molar-refractivity contribution is 5.74. The molecule has 3 atom stereocenters. The van der Waals surface area contributed by atoms with E-state index >= 15 is 0 Å². The van der Waals surface area contributed by atoms with Crippen molar-refractivity contribution in [3.8, 4) is 5.75 Å². The molecule has 1 aliphatic rings. The van der Waals surface area contributed by atoms with Crippen molar-refractivity contribution < 1.29 is 14.6 Å². The summed E-state index contributed by atoms with van der Waals surface area (Å²) in [6.07, 6.45) is -0.190. The highest BCUT2D eigenvalue weighted by Gasteiger charge is 2.31. The second-order valence-electron chi connectivity index (χ2n) is 6.50. The first-order valence-corrected chi connectivity index (χ1v) is 8.57. The second kappa shape index (κ2) is 7.57. The van der Waals surface area contributed by atoms with Gasteiger partial charge in [0.25, 0.3) is 0 Å². The van der Waals surface area contributed by atoms with Gasteiger partial charge >= 0.3 is 6.03 Å². The van der Waals surface area contributed by atoms with Gasteiger partial charge in [0.05, 0.1) is 18.7 Å². The van der Waals surface area contributed by atoms with E-state index in [1.165, 1.54) is 0 Å². The molecule has 5 heteroatoms. The van der Waals surface area contributed by atoms with Crippen LogP contribution < -0.4 is 15.4 Å². The number of amides is 2. The van der Waals surface area contributed by atoms with Crippen molar-refractivity contribution in [3.05, 3.63) is 65.2 Å². The first-order valence-electron chi connectivity index (χ1n) is 8.57. The lowest BCUT2D eigenvalue weighted by molar-refractivity contribution is 0.141. The molecular formula is C20H24N2O3. The van der Waals surface area contributed by atoms with Crippen LogP contribution in [0, 0.1) is 6.92 Å². The van der Waals surface area contributed by atoms with E-state index in [2.05, 4.69) is 10.6 Å². The van der Waals surface area contributed by atoms with E-state index in [4.69, 9.17) is 4.74 Å². The van der Waals surface area contributed by atoms with Crippen molar-refractivity contribution >= 4 is 6.03 Å². The van der Waals surface area contributed by atoms with E-state index in [0.29, 0.717) is 13.0 Å². The molecule has 0 saturated carbocycles. The van der Waals surface area contributed by atoms with Crippen LogP contribution in [0.2, 0.25) is 0 Å². The number of hydrogen-bond donors (Lipinski definition) is 3. The lowest BCUT2D eigenvalue weighted by Crippen LogP contribution is -2.43. The van der Waals surface area contributed by atoms with E-state index in [9.17, 15) is 9.90 Å². The Labute approximate surface area is 148 Å². The van der Waals surface area contributed by atoms with E-state index in [1.54, 1.807) is 0 Å². The number of aryl methyl sites for hydroxylation is 1. The van der Waals surface area contributed by atoms with Crippen LogP contribution in [-0.4, -0.2) is 29.9 Å². The molecule has 3 rings (SSSR count). The summed E-state index contributed by atoms with van der Waals surface area (Å²) in [6.45, 7) is 4.28. The largest absolute Gasteiger partial charge is 0.489 e. The quantitative estimate of drug-likeness (QED) is 0.784. The fraction of sp³-hybridized carbons (Fsp3) is 0.350. The van der Waals surface area contributed by atoms with Gasteiger partial charge in [-0.15, -0.1) is 0 Å². The van der Waals surface area contributed by atoms with Gasteiger partial charge in [-0.25, -0.2) is 4.79 Å². The number of aliphatic hydroxyl groups is 1. The standard InChI is InChI=1S/C20H24N2O3/c1-13-7-3-6-10-18(13)25-14(2)12-21-20(24)22-19-16-9-5-4-8-15(16)11-17(19)23/h3-10,14,17,19,23H,11-12H2,1-2H3,(H2,21,22,24). The number of aliphatic hydroxyl groups excluding tert-OH is 1. The van der Waals surface area contributed by atoms with Crippen LogP contribution in [0.15, 0.2) is 48.5 Å². The summed E-state index contributed by atoms with van der Waals surface area (Å²) in [5.41, 5.74) is 3.12. The number of benzene rings is 2. The summed E-state index contributed by atoms with van der Waals surface area (Å²) in [4.78, 5) is 12.2. The SMILES string of the molecule is Cc1ccccc1OC(C)CNC(=O)NC1c2ccccc2CC1O. The summed E-state index contributed by atoms with van der Waals surface area (Å²) in [5, 5.41) is 15.9. The highest BCUT2D eigenvalue weighted by Crippen LogP contribution is 2.31. The fourth-order valence-electron chi connectivity index (χ4n) is 3.12. The zero-order chi connectivity index (χ0) is 17.8. The number of fused-ring (bicyclic) bond motifs is 1. The topological polar surface area (TPSA) is 70.6 Å². The Bertz CT molecular complexity index is 747. The van der Waals surface area contributed by atoms with Crippen molar-refractivity contribution in [1.29, 1.82) is 0 Å². The van der Waals surface area contributed by atoms with Crippen LogP contribution in [0.4, 0.5) is 4.79 Å². The predicted octanol–water partition coefficient (Wildman–Crippen LogP) is 2.72. The summed E-state index contributed by atoms with van der Waals surface area (Å²) in [5.74, 6) is 0.817. The number of hydrogen-bond acceptors (Lipinski definition) is 3. The molecule has 0 bridgehead atoms. The number of carbonyl (C=O) groups excluding carboxylic acids is 1. The minimum Gasteiger partial charge on any atom is -0.489 e. The van der Waals surface area contributed by atoms with Gasteiger partial charge in [-0.2, -0.15) is 0 Å². The molecule has 0 saturated heterocycles. The van der Waals surface area contributed by atoms with Crippen molar-refractivity contribution in [1.82, 2.24) is 10.6 Å². The Balaban J connectivity index is 1.51. The maximum Gasteiger partial charge on any atom is 0.315 e. The molecule has 2 aromatic rings. The molecule has 3 N–H and O–H groups in total. The molecule has 3 unspecified atom stereocenters. The molecule has 0 aliphatic heterocycles. The van der Waals surface area contributed by atoms with Crippen LogP contribution in [0.5, 0.6) is 5.75 Å². The van der Waals surface area contributed by atoms with Crippen molar-refractivity contribution in [2.45, 2.75) is 38.5 Å². The maximum atomic E-state index is 12.2. The molecule has 1 aliphatic carbocycles. The Hall–Kier alpha value is -2.53. The van der Waals surface area contributed by atoms with Gasteiger partial charge in [0.1, 0.15) is 11.9 Å². The molecule has 0 aromatic heterocycles. The third-order valence-corrected chi connectivity index (χ3v) is 4.46. The lowest BCUT2D eigenvalue weighted by atomic mass is 10.1. The maximum absolute atomic E-state index is 12.2. The summed E-state index contributed by atoms with van der Waals surface area (Å²) in [7, 11) is 0. The van der Waals surface area contributed by atoms with E-state index < -0.39 is 6.10 Å². The van der Waals surface area contributed by atoms with Crippen LogP contribution in [0.25, 0.3) is 0 Å². The fourth-order valence-corrected chi connectivity index (χ4v) is 3.12. The van der Waals surface area contributed by atoms with Crippen molar-refractivity contribution in [2.24, 2.45) is 0 Å². The molecule has 0 heterocycles. The minimum absolute atomic E-state index is 0.160. The monoisotopic (exact) mass is 340 g/mol. The number of urea groups is 1. The van der Waals surface area contributed by atoms with Crippen molar-refractivity contribution in [2.75, 3.05) is 6.54 Å². The van der Waals surface area contributed by atoms with E-state index in [0.717, 1.165) is 22.4 Å². The zero-order valence-corrected chi connectivity index (χ0v) is 14.5. The average Bonchev–Trinajstić information content (AvgIpc) is 2.91. The molecule has 0 radical (unpaired) electrons. The third-order valence-electron chi connectivity index (χ3n) is 4.46. The number of ether oxygens (including phenoxy) is 1. The van der Waals surface area contributed by atoms with Crippen LogP contribution in [0.3, 0.4) is 0 Å². The van der Waals surface area contributed by atoms with E-state index in [1.807, 2.05) is 62.4 Å². The second-order valence-corrected chi connectivity index (χ2v) is 6.50. The van der Waals surface area contributed by atoms with Gasteiger partial charge in [0, 0.05) is 6.42 Å². The van der Waals surface area contributed by atoms with Crippen LogP contribution in [0.1, 0.15) is 29.7 Å². The molecular weight excluding hydrogens is 316 g/mol.